The number of aromatic nitrogens is 1. The smallest absolute Gasteiger partial charge is 0.0410 e. The van der Waals surface area contributed by atoms with E-state index in [4.69, 9.17) is 0 Å². The summed E-state index contributed by atoms with van der Waals surface area (Å²) in [6, 6.07) is 0. The summed E-state index contributed by atoms with van der Waals surface area (Å²) in [4.78, 5) is 4.31. The first kappa shape index (κ1) is 12.9. The molecule has 1 aromatic heterocycles. The molecule has 0 unspecified atom stereocenters. The van der Waals surface area contributed by atoms with Crippen LogP contribution in [0.25, 0.3) is 6.08 Å². The molecule has 14 heavy (non-hydrogen) atoms. The molecule has 0 spiro atoms. The normalized spacial score (nSPS) is 8.93. The molecule has 0 amide bonds. The minimum absolute atomic E-state index is 1.03. The molecule has 0 aromatic carbocycles. The van der Waals surface area contributed by atoms with E-state index in [-0.39, 0.29) is 0 Å². The first-order valence-corrected chi connectivity index (χ1v) is 5.28. The summed E-state index contributed by atoms with van der Waals surface area (Å²) in [5.74, 6) is 0. The number of pyridine rings is 1. The Morgan fingerprint density at radius 2 is 1.93 bits per heavy atom. The number of rotatable bonds is 2. The standard InChI is InChI=1S/C11H15N.C2H6/c1-5-10-8(3)7-12-9(4)11(10)6-2;1-2/h5,7H,1,6H2,2-4H3;1-2H3. The van der Waals surface area contributed by atoms with Crippen LogP contribution >= 0.6 is 0 Å². The lowest BCUT2D eigenvalue weighted by Crippen LogP contribution is -1.97. The Hall–Kier alpha value is -1.11. The van der Waals surface area contributed by atoms with E-state index >= 15 is 0 Å². The molecule has 0 aliphatic heterocycles. The summed E-state index contributed by atoms with van der Waals surface area (Å²) in [6.07, 6.45) is 4.86. The van der Waals surface area contributed by atoms with Crippen LogP contribution in [-0.4, -0.2) is 4.98 Å². The lowest BCUT2D eigenvalue weighted by Gasteiger charge is -2.08. The summed E-state index contributed by atoms with van der Waals surface area (Å²) in [6.45, 7) is 14.1. The summed E-state index contributed by atoms with van der Waals surface area (Å²) < 4.78 is 0. The molecule has 0 fully saturated rings. The summed E-state index contributed by atoms with van der Waals surface area (Å²) in [5.41, 5.74) is 4.92. The highest BCUT2D eigenvalue weighted by molar-refractivity contribution is 5.56. The number of hydrogen-bond acceptors (Lipinski definition) is 1. The van der Waals surface area contributed by atoms with Gasteiger partial charge in [0, 0.05) is 11.9 Å². The molecule has 1 heteroatoms. The number of hydrogen-bond donors (Lipinski definition) is 0. The second kappa shape index (κ2) is 6.36. The van der Waals surface area contributed by atoms with Gasteiger partial charge in [-0.2, -0.15) is 0 Å². The second-order valence-corrected chi connectivity index (χ2v) is 2.98. The van der Waals surface area contributed by atoms with Crippen molar-refractivity contribution in [1.29, 1.82) is 0 Å². The third-order valence-electron chi connectivity index (χ3n) is 2.20. The molecule has 0 radical (unpaired) electrons. The molecule has 78 valence electrons. The average molecular weight is 191 g/mol. The summed E-state index contributed by atoms with van der Waals surface area (Å²) in [5, 5.41) is 0. The van der Waals surface area contributed by atoms with Crippen molar-refractivity contribution in [2.45, 2.75) is 41.0 Å². The lowest BCUT2D eigenvalue weighted by atomic mass is 10.0. The van der Waals surface area contributed by atoms with Gasteiger partial charge in [-0.1, -0.05) is 33.4 Å². The van der Waals surface area contributed by atoms with Crippen LogP contribution in [0.5, 0.6) is 0 Å². The monoisotopic (exact) mass is 191 g/mol. The van der Waals surface area contributed by atoms with Crippen molar-refractivity contribution in [1.82, 2.24) is 4.98 Å². The van der Waals surface area contributed by atoms with Gasteiger partial charge in [0.15, 0.2) is 0 Å². The predicted octanol–water partition coefficient (Wildman–Crippen LogP) is 3.93. The van der Waals surface area contributed by atoms with Gasteiger partial charge in [-0.25, -0.2) is 0 Å². The summed E-state index contributed by atoms with van der Waals surface area (Å²) >= 11 is 0. The minimum Gasteiger partial charge on any atom is -0.261 e. The number of aryl methyl sites for hydroxylation is 2. The lowest BCUT2D eigenvalue weighted by molar-refractivity contribution is 1.03. The first-order valence-electron chi connectivity index (χ1n) is 5.28. The van der Waals surface area contributed by atoms with E-state index in [0.29, 0.717) is 0 Å². The summed E-state index contributed by atoms with van der Waals surface area (Å²) in [7, 11) is 0. The molecule has 1 nitrogen and oxygen atoms in total. The van der Waals surface area contributed by atoms with E-state index in [2.05, 4.69) is 25.4 Å². The third-order valence-corrected chi connectivity index (χ3v) is 2.20. The van der Waals surface area contributed by atoms with Crippen LogP contribution in [0, 0.1) is 13.8 Å². The molecule has 1 rings (SSSR count). The van der Waals surface area contributed by atoms with Crippen molar-refractivity contribution >= 4 is 6.08 Å². The van der Waals surface area contributed by atoms with E-state index in [0.717, 1.165) is 12.1 Å². The van der Waals surface area contributed by atoms with Gasteiger partial charge in [0.25, 0.3) is 0 Å². The van der Waals surface area contributed by atoms with Crippen LogP contribution in [-0.2, 0) is 6.42 Å². The van der Waals surface area contributed by atoms with E-state index in [1.807, 2.05) is 33.0 Å². The van der Waals surface area contributed by atoms with Gasteiger partial charge in [0.1, 0.15) is 0 Å². The quantitative estimate of drug-likeness (QED) is 0.690. The molecular weight excluding hydrogens is 170 g/mol. The van der Waals surface area contributed by atoms with Gasteiger partial charge in [0.2, 0.25) is 0 Å². The molecule has 1 aromatic rings. The fourth-order valence-corrected chi connectivity index (χ4v) is 1.50. The van der Waals surface area contributed by atoms with Crippen molar-refractivity contribution in [3.05, 3.63) is 35.2 Å². The van der Waals surface area contributed by atoms with E-state index in [1.54, 1.807) is 0 Å². The highest BCUT2D eigenvalue weighted by Gasteiger charge is 2.04. The largest absolute Gasteiger partial charge is 0.261 e. The SMILES string of the molecule is C=Cc1c(C)cnc(C)c1CC.CC. The zero-order valence-electron chi connectivity index (χ0n) is 10.0. The molecule has 1 heterocycles. The van der Waals surface area contributed by atoms with Crippen molar-refractivity contribution in [3.8, 4) is 0 Å². The minimum atomic E-state index is 1.03. The zero-order chi connectivity index (χ0) is 11.1. The van der Waals surface area contributed by atoms with Crippen LogP contribution in [0.1, 0.15) is 43.2 Å². The van der Waals surface area contributed by atoms with Gasteiger partial charge in [0.05, 0.1) is 0 Å². The maximum absolute atomic E-state index is 4.31. The fourth-order valence-electron chi connectivity index (χ4n) is 1.50. The van der Waals surface area contributed by atoms with Crippen molar-refractivity contribution in [3.63, 3.8) is 0 Å². The van der Waals surface area contributed by atoms with E-state index in [9.17, 15) is 0 Å². The van der Waals surface area contributed by atoms with Gasteiger partial charge >= 0.3 is 0 Å². The average Bonchev–Trinajstić information content (AvgIpc) is 2.24. The molecule has 0 saturated heterocycles. The Morgan fingerprint density at radius 1 is 1.36 bits per heavy atom. The molecule has 0 aliphatic carbocycles. The molecule has 0 atom stereocenters. The fraction of sp³-hybridized carbons (Fsp3) is 0.462. The Kier molecular flexibility index (Phi) is 5.86. The molecule has 0 saturated carbocycles. The zero-order valence-corrected chi connectivity index (χ0v) is 10.0. The molecule has 0 bridgehead atoms. The third kappa shape index (κ3) is 2.69. The van der Waals surface area contributed by atoms with Crippen LogP contribution in [0.2, 0.25) is 0 Å². The maximum atomic E-state index is 4.31. The van der Waals surface area contributed by atoms with Crippen LogP contribution < -0.4 is 0 Å². The van der Waals surface area contributed by atoms with E-state index in [1.165, 1.54) is 16.7 Å². The molecule has 0 aliphatic rings. The highest BCUT2D eigenvalue weighted by Crippen LogP contribution is 2.17. The Bertz CT molecular complexity index is 300. The molecule has 0 N–H and O–H groups in total. The van der Waals surface area contributed by atoms with Gasteiger partial charge in [-0.15, -0.1) is 0 Å². The van der Waals surface area contributed by atoms with Crippen LogP contribution in [0.15, 0.2) is 12.8 Å². The van der Waals surface area contributed by atoms with Crippen molar-refractivity contribution in [2.75, 3.05) is 0 Å². The maximum Gasteiger partial charge on any atom is 0.0410 e. The highest BCUT2D eigenvalue weighted by atomic mass is 14.7. The van der Waals surface area contributed by atoms with Crippen LogP contribution in [0.3, 0.4) is 0 Å². The van der Waals surface area contributed by atoms with Crippen LogP contribution in [0.4, 0.5) is 0 Å². The Labute approximate surface area is 87.9 Å². The number of nitrogens with zero attached hydrogens (tertiary/aromatic N) is 1. The molecular formula is C13H21N. The van der Waals surface area contributed by atoms with Gasteiger partial charge in [-0.05, 0) is 37.0 Å². The topological polar surface area (TPSA) is 12.9 Å². The Balaban J connectivity index is 0.000000791. The van der Waals surface area contributed by atoms with Gasteiger partial charge in [-0.3, -0.25) is 4.98 Å². The van der Waals surface area contributed by atoms with E-state index < -0.39 is 0 Å². The first-order chi connectivity index (χ1) is 6.70. The van der Waals surface area contributed by atoms with Crippen molar-refractivity contribution < 1.29 is 0 Å². The Morgan fingerprint density at radius 3 is 2.29 bits per heavy atom. The predicted molar refractivity (Wildman–Crippen MR) is 64.5 cm³/mol. The second-order valence-electron chi connectivity index (χ2n) is 2.98. The van der Waals surface area contributed by atoms with Gasteiger partial charge < -0.3 is 0 Å². The van der Waals surface area contributed by atoms with Crippen molar-refractivity contribution in [2.24, 2.45) is 0 Å².